The Labute approximate surface area is 139 Å². The molecule has 1 aliphatic heterocycles. The number of nitrogens with one attached hydrogen (secondary N) is 1. The van der Waals surface area contributed by atoms with Crippen LogP contribution in [0.5, 0.6) is 11.5 Å². The maximum Gasteiger partial charge on any atom is 0.250 e. The number of nitrogens with two attached hydrogens (primary N) is 1. The van der Waals surface area contributed by atoms with Crippen LogP contribution in [-0.2, 0) is 4.79 Å². The highest BCUT2D eigenvalue weighted by molar-refractivity contribution is 6.04. The van der Waals surface area contributed by atoms with Gasteiger partial charge in [0.2, 0.25) is 5.91 Å². The van der Waals surface area contributed by atoms with E-state index in [2.05, 4.69) is 5.32 Å². The molecule has 0 radical (unpaired) electrons. The summed E-state index contributed by atoms with van der Waals surface area (Å²) in [5, 5.41) is 2.76. The molecule has 124 valence electrons. The second-order valence-electron chi connectivity index (χ2n) is 5.52. The van der Waals surface area contributed by atoms with Crippen LogP contribution in [0, 0.1) is 0 Å². The van der Waals surface area contributed by atoms with Crippen molar-refractivity contribution in [2.24, 2.45) is 5.73 Å². The molecule has 0 aliphatic carbocycles. The van der Waals surface area contributed by atoms with Crippen LogP contribution >= 0.6 is 0 Å². The molecular weight excluding hydrogens is 308 g/mol. The van der Waals surface area contributed by atoms with Gasteiger partial charge < -0.3 is 20.5 Å². The Morgan fingerprint density at radius 2 is 1.79 bits per heavy atom. The van der Waals surface area contributed by atoms with Crippen molar-refractivity contribution in [3.8, 4) is 11.5 Å². The predicted molar refractivity (Wildman–Crippen MR) is 89.4 cm³/mol. The van der Waals surface area contributed by atoms with Crippen molar-refractivity contribution in [1.29, 1.82) is 0 Å². The van der Waals surface area contributed by atoms with Crippen LogP contribution in [0.2, 0.25) is 0 Å². The van der Waals surface area contributed by atoms with Crippen LogP contribution < -0.4 is 20.5 Å². The zero-order valence-electron chi connectivity index (χ0n) is 13.2. The molecule has 2 amide bonds. The number of para-hydroxylation sites is 1. The van der Waals surface area contributed by atoms with Crippen LogP contribution in [0.15, 0.2) is 42.5 Å². The molecule has 1 aliphatic rings. The Morgan fingerprint density at radius 3 is 2.54 bits per heavy atom. The highest BCUT2D eigenvalue weighted by Crippen LogP contribution is 2.33. The standard InChI is InChI=1S/C18H18N2O4/c1-11(12-6-7-15-16(10-12)24-9-8-23-15)18(22)20-14-5-3-2-4-13(14)17(19)21/h2-7,10-11H,8-9H2,1H3,(H2,19,21)(H,20,22). The van der Waals surface area contributed by atoms with Gasteiger partial charge in [0.05, 0.1) is 17.2 Å². The van der Waals surface area contributed by atoms with E-state index in [1.165, 1.54) is 0 Å². The number of benzene rings is 2. The van der Waals surface area contributed by atoms with Gasteiger partial charge >= 0.3 is 0 Å². The van der Waals surface area contributed by atoms with Gasteiger partial charge in [-0.05, 0) is 36.8 Å². The van der Waals surface area contributed by atoms with Gasteiger partial charge in [-0.25, -0.2) is 0 Å². The molecule has 24 heavy (non-hydrogen) atoms. The Morgan fingerprint density at radius 1 is 1.08 bits per heavy atom. The van der Waals surface area contributed by atoms with Gasteiger partial charge in [-0.1, -0.05) is 18.2 Å². The first-order valence-electron chi connectivity index (χ1n) is 7.65. The van der Waals surface area contributed by atoms with Gasteiger partial charge in [0, 0.05) is 0 Å². The quantitative estimate of drug-likeness (QED) is 0.902. The molecule has 3 rings (SSSR count). The minimum atomic E-state index is -0.585. The summed E-state index contributed by atoms with van der Waals surface area (Å²) in [5.41, 5.74) is 6.81. The lowest BCUT2D eigenvalue weighted by Gasteiger charge is -2.20. The summed E-state index contributed by atoms with van der Waals surface area (Å²) >= 11 is 0. The summed E-state index contributed by atoms with van der Waals surface area (Å²) in [7, 11) is 0. The van der Waals surface area contributed by atoms with E-state index in [4.69, 9.17) is 15.2 Å². The summed E-state index contributed by atoms with van der Waals surface area (Å²) in [6.07, 6.45) is 0. The van der Waals surface area contributed by atoms with Gasteiger partial charge in [0.1, 0.15) is 13.2 Å². The molecule has 2 aromatic rings. The molecule has 6 nitrogen and oxygen atoms in total. The smallest absolute Gasteiger partial charge is 0.250 e. The summed E-state index contributed by atoms with van der Waals surface area (Å²) in [5.74, 6) is 0.0626. The predicted octanol–water partition coefficient (Wildman–Crippen LogP) is 2.30. The zero-order chi connectivity index (χ0) is 17.1. The van der Waals surface area contributed by atoms with Crippen molar-refractivity contribution in [3.63, 3.8) is 0 Å². The van der Waals surface area contributed by atoms with E-state index in [9.17, 15) is 9.59 Å². The Balaban J connectivity index is 1.79. The van der Waals surface area contributed by atoms with E-state index in [1.807, 2.05) is 6.07 Å². The first kappa shape index (κ1) is 15.9. The number of ether oxygens (including phenoxy) is 2. The maximum absolute atomic E-state index is 12.5. The van der Waals surface area contributed by atoms with E-state index in [1.54, 1.807) is 43.3 Å². The summed E-state index contributed by atoms with van der Waals surface area (Å²) in [6.45, 7) is 2.79. The first-order chi connectivity index (χ1) is 11.6. The number of carbonyl (C=O) groups excluding carboxylic acids is 2. The van der Waals surface area contributed by atoms with Crippen LogP contribution in [0.1, 0.15) is 28.8 Å². The lowest BCUT2D eigenvalue weighted by molar-refractivity contribution is -0.117. The normalized spacial score (nSPS) is 13.9. The highest BCUT2D eigenvalue weighted by Gasteiger charge is 2.20. The monoisotopic (exact) mass is 326 g/mol. The molecule has 0 aromatic heterocycles. The van der Waals surface area contributed by atoms with Crippen LogP contribution in [0.4, 0.5) is 5.69 Å². The Hall–Kier alpha value is -3.02. The van der Waals surface area contributed by atoms with E-state index in [0.717, 1.165) is 5.56 Å². The van der Waals surface area contributed by atoms with Gasteiger partial charge in [-0.2, -0.15) is 0 Å². The lowest BCUT2D eigenvalue weighted by Crippen LogP contribution is -2.22. The number of amides is 2. The van der Waals surface area contributed by atoms with Crippen LogP contribution in [0.25, 0.3) is 0 Å². The largest absolute Gasteiger partial charge is 0.486 e. The summed E-state index contributed by atoms with van der Waals surface area (Å²) < 4.78 is 11.0. The van der Waals surface area contributed by atoms with E-state index < -0.39 is 11.8 Å². The highest BCUT2D eigenvalue weighted by atomic mass is 16.6. The molecule has 1 heterocycles. The fourth-order valence-electron chi connectivity index (χ4n) is 2.53. The maximum atomic E-state index is 12.5. The number of rotatable bonds is 4. The molecule has 6 heteroatoms. The molecule has 0 bridgehead atoms. The number of primary amides is 1. The fourth-order valence-corrected chi connectivity index (χ4v) is 2.53. The van der Waals surface area contributed by atoms with Crippen LogP contribution in [0.3, 0.4) is 0 Å². The van der Waals surface area contributed by atoms with Gasteiger partial charge in [-0.3, -0.25) is 9.59 Å². The van der Waals surface area contributed by atoms with Crippen molar-refractivity contribution in [2.75, 3.05) is 18.5 Å². The molecule has 0 saturated carbocycles. The molecule has 1 unspecified atom stereocenters. The average Bonchev–Trinajstić information content (AvgIpc) is 2.61. The minimum Gasteiger partial charge on any atom is -0.486 e. The number of anilines is 1. The van der Waals surface area contributed by atoms with E-state index >= 15 is 0 Å². The second-order valence-corrected chi connectivity index (χ2v) is 5.52. The number of fused-ring (bicyclic) bond motifs is 1. The summed E-state index contributed by atoms with van der Waals surface area (Å²) in [4.78, 5) is 24.0. The van der Waals surface area contributed by atoms with Crippen molar-refractivity contribution < 1.29 is 19.1 Å². The topological polar surface area (TPSA) is 90.7 Å². The van der Waals surface area contributed by atoms with E-state index in [0.29, 0.717) is 30.4 Å². The van der Waals surface area contributed by atoms with Crippen molar-refractivity contribution in [3.05, 3.63) is 53.6 Å². The molecule has 3 N–H and O–H groups in total. The molecule has 0 fully saturated rings. The molecule has 1 atom stereocenters. The molecular formula is C18H18N2O4. The minimum absolute atomic E-state index is 0.236. The third-order valence-corrected chi connectivity index (χ3v) is 3.91. The average molecular weight is 326 g/mol. The number of carbonyl (C=O) groups is 2. The Bertz CT molecular complexity index is 788. The van der Waals surface area contributed by atoms with Crippen molar-refractivity contribution in [2.45, 2.75) is 12.8 Å². The SMILES string of the molecule is CC(C(=O)Nc1ccccc1C(N)=O)c1ccc2c(c1)OCCO2. The van der Waals surface area contributed by atoms with Crippen molar-refractivity contribution in [1.82, 2.24) is 0 Å². The first-order valence-corrected chi connectivity index (χ1v) is 7.65. The second kappa shape index (κ2) is 6.62. The number of hydrogen-bond donors (Lipinski definition) is 2. The summed E-state index contributed by atoms with van der Waals surface area (Å²) in [6, 6.07) is 12.1. The molecule has 0 spiro atoms. The Kier molecular flexibility index (Phi) is 4.37. The van der Waals surface area contributed by atoms with Gasteiger partial charge in [0.25, 0.3) is 5.91 Å². The van der Waals surface area contributed by atoms with Gasteiger partial charge in [-0.15, -0.1) is 0 Å². The van der Waals surface area contributed by atoms with Crippen molar-refractivity contribution >= 4 is 17.5 Å². The molecule has 0 saturated heterocycles. The fraction of sp³-hybridized carbons (Fsp3) is 0.222. The lowest BCUT2D eigenvalue weighted by atomic mass is 9.99. The third-order valence-electron chi connectivity index (χ3n) is 3.91. The zero-order valence-corrected chi connectivity index (χ0v) is 13.2. The number of hydrogen-bond acceptors (Lipinski definition) is 4. The van der Waals surface area contributed by atoms with Gasteiger partial charge in [0.15, 0.2) is 11.5 Å². The van der Waals surface area contributed by atoms with E-state index in [-0.39, 0.29) is 11.5 Å². The molecule has 2 aromatic carbocycles. The third kappa shape index (κ3) is 3.17. The van der Waals surface area contributed by atoms with Crippen LogP contribution in [-0.4, -0.2) is 25.0 Å².